The fraction of sp³-hybridized carbons (Fsp3) is 0.300. The molecule has 0 saturated heterocycles. The van der Waals surface area contributed by atoms with Gasteiger partial charge < -0.3 is 10.1 Å². The second kappa shape index (κ2) is 5.00. The molecule has 3 nitrogen and oxygen atoms in total. The van der Waals surface area contributed by atoms with Gasteiger partial charge in [-0.3, -0.25) is 4.79 Å². The third kappa shape index (κ3) is 2.73. The van der Waals surface area contributed by atoms with Crippen LogP contribution in [0.1, 0.15) is 13.3 Å². The third-order valence-electron chi connectivity index (χ3n) is 1.77. The largest absolute Gasteiger partial charge is 0.497 e. The monoisotopic (exact) mass is 257 g/mol. The molecule has 1 N–H and O–H groups in total. The Balaban J connectivity index is 2.89. The highest BCUT2D eigenvalue weighted by atomic mass is 79.9. The molecule has 0 aromatic heterocycles. The van der Waals surface area contributed by atoms with Gasteiger partial charge in [-0.05, 0) is 28.1 Å². The van der Waals surface area contributed by atoms with E-state index in [1.54, 1.807) is 13.2 Å². The summed E-state index contributed by atoms with van der Waals surface area (Å²) >= 11 is 3.35. The summed E-state index contributed by atoms with van der Waals surface area (Å²) in [6.45, 7) is 1.81. The molecule has 1 aromatic rings. The maximum absolute atomic E-state index is 11.2. The van der Waals surface area contributed by atoms with Crippen molar-refractivity contribution >= 4 is 27.5 Å². The van der Waals surface area contributed by atoms with Crippen LogP contribution in [0.3, 0.4) is 0 Å². The summed E-state index contributed by atoms with van der Waals surface area (Å²) in [5.41, 5.74) is 0.733. The first-order chi connectivity index (χ1) is 6.67. The van der Waals surface area contributed by atoms with E-state index in [4.69, 9.17) is 4.74 Å². The van der Waals surface area contributed by atoms with Gasteiger partial charge in [0.25, 0.3) is 0 Å². The molecule has 14 heavy (non-hydrogen) atoms. The molecular formula is C10H12BrNO2. The van der Waals surface area contributed by atoms with Crippen LogP contribution < -0.4 is 10.1 Å². The minimum Gasteiger partial charge on any atom is -0.497 e. The van der Waals surface area contributed by atoms with Gasteiger partial charge in [-0.2, -0.15) is 0 Å². The second-order valence-electron chi connectivity index (χ2n) is 2.75. The van der Waals surface area contributed by atoms with Gasteiger partial charge in [-0.1, -0.05) is 6.92 Å². The van der Waals surface area contributed by atoms with Crippen molar-refractivity contribution in [1.29, 1.82) is 0 Å². The highest BCUT2D eigenvalue weighted by Gasteiger charge is 2.04. The lowest BCUT2D eigenvalue weighted by Crippen LogP contribution is -2.09. The number of carbonyl (C=O) groups excluding carboxylic acids is 1. The summed E-state index contributed by atoms with van der Waals surface area (Å²) in [5.74, 6) is 0.707. The van der Waals surface area contributed by atoms with Crippen molar-refractivity contribution in [3.05, 3.63) is 22.7 Å². The van der Waals surface area contributed by atoms with Gasteiger partial charge in [-0.25, -0.2) is 0 Å². The van der Waals surface area contributed by atoms with E-state index in [-0.39, 0.29) is 5.91 Å². The fourth-order valence-electron chi connectivity index (χ4n) is 0.966. The van der Waals surface area contributed by atoms with Crippen LogP contribution in [-0.4, -0.2) is 13.0 Å². The van der Waals surface area contributed by atoms with Crippen LogP contribution in [0, 0.1) is 0 Å². The topological polar surface area (TPSA) is 38.3 Å². The molecule has 0 aliphatic carbocycles. The highest BCUT2D eigenvalue weighted by Crippen LogP contribution is 2.27. The van der Waals surface area contributed by atoms with Crippen LogP contribution in [0.4, 0.5) is 5.69 Å². The Morgan fingerprint density at radius 1 is 1.57 bits per heavy atom. The van der Waals surface area contributed by atoms with Crippen LogP contribution >= 0.6 is 15.9 Å². The van der Waals surface area contributed by atoms with Crippen LogP contribution in [0.15, 0.2) is 22.7 Å². The van der Waals surface area contributed by atoms with Gasteiger partial charge in [0.2, 0.25) is 5.91 Å². The van der Waals surface area contributed by atoms with E-state index in [1.807, 2.05) is 19.1 Å². The quantitative estimate of drug-likeness (QED) is 0.905. The van der Waals surface area contributed by atoms with E-state index >= 15 is 0 Å². The highest BCUT2D eigenvalue weighted by molar-refractivity contribution is 9.10. The molecule has 0 saturated carbocycles. The van der Waals surface area contributed by atoms with E-state index in [0.717, 1.165) is 15.9 Å². The Hall–Kier alpha value is -1.03. The zero-order chi connectivity index (χ0) is 10.6. The maximum atomic E-state index is 11.2. The first kappa shape index (κ1) is 11.0. The SMILES string of the molecule is CCC(=O)Nc1cc(OC)ccc1Br. The van der Waals surface area contributed by atoms with Crippen molar-refractivity contribution in [2.75, 3.05) is 12.4 Å². The summed E-state index contributed by atoms with van der Waals surface area (Å²) in [7, 11) is 1.59. The van der Waals surface area contributed by atoms with Crippen molar-refractivity contribution < 1.29 is 9.53 Å². The molecule has 0 heterocycles. The first-order valence-electron chi connectivity index (χ1n) is 4.30. The summed E-state index contributed by atoms with van der Waals surface area (Å²) in [4.78, 5) is 11.2. The molecule has 76 valence electrons. The van der Waals surface area contributed by atoms with Crippen LogP contribution in [0.5, 0.6) is 5.75 Å². The molecule has 0 atom stereocenters. The zero-order valence-electron chi connectivity index (χ0n) is 8.13. The number of halogens is 1. The number of amides is 1. The minimum absolute atomic E-state index is 0.0149. The summed E-state index contributed by atoms with van der Waals surface area (Å²) in [5, 5.41) is 2.77. The molecule has 4 heteroatoms. The van der Waals surface area contributed by atoms with Crippen LogP contribution in [0.25, 0.3) is 0 Å². The molecule has 0 fully saturated rings. The zero-order valence-corrected chi connectivity index (χ0v) is 9.72. The molecule has 1 rings (SSSR count). The Morgan fingerprint density at radius 2 is 2.29 bits per heavy atom. The lowest BCUT2D eigenvalue weighted by molar-refractivity contribution is -0.115. The van der Waals surface area contributed by atoms with Crippen molar-refractivity contribution in [3.8, 4) is 5.75 Å². The standard InChI is InChI=1S/C10H12BrNO2/c1-3-10(13)12-9-6-7(14-2)4-5-8(9)11/h4-6H,3H2,1-2H3,(H,12,13). The summed E-state index contributed by atoms with van der Waals surface area (Å²) in [6, 6.07) is 5.44. The number of ether oxygens (including phenoxy) is 1. The van der Waals surface area contributed by atoms with Gasteiger partial charge in [0, 0.05) is 17.0 Å². The molecular weight excluding hydrogens is 246 g/mol. The van der Waals surface area contributed by atoms with Gasteiger partial charge in [0.1, 0.15) is 5.75 Å². The summed E-state index contributed by atoms with van der Waals surface area (Å²) < 4.78 is 5.90. The molecule has 1 aromatic carbocycles. The van der Waals surface area contributed by atoms with Crippen LogP contribution in [0.2, 0.25) is 0 Å². The van der Waals surface area contributed by atoms with E-state index in [0.29, 0.717) is 6.42 Å². The van der Waals surface area contributed by atoms with Gasteiger partial charge in [-0.15, -0.1) is 0 Å². The number of benzene rings is 1. The Labute approximate surface area is 91.6 Å². The normalized spacial score (nSPS) is 9.64. The Kier molecular flexibility index (Phi) is 3.95. The van der Waals surface area contributed by atoms with E-state index < -0.39 is 0 Å². The number of nitrogens with one attached hydrogen (secondary N) is 1. The molecule has 0 spiro atoms. The third-order valence-corrected chi connectivity index (χ3v) is 2.46. The minimum atomic E-state index is -0.0149. The van der Waals surface area contributed by atoms with E-state index in [2.05, 4.69) is 21.2 Å². The molecule has 0 aliphatic heterocycles. The molecule has 0 unspecified atom stereocenters. The van der Waals surface area contributed by atoms with Crippen molar-refractivity contribution in [1.82, 2.24) is 0 Å². The number of hydrogen-bond donors (Lipinski definition) is 1. The molecule has 0 aliphatic rings. The molecule has 0 bridgehead atoms. The Morgan fingerprint density at radius 3 is 2.86 bits per heavy atom. The average molecular weight is 258 g/mol. The fourth-order valence-corrected chi connectivity index (χ4v) is 1.31. The Bertz CT molecular complexity index is 339. The van der Waals surface area contributed by atoms with Gasteiger partial charge in [0.15, 0.2) is 0 Å². The van der Waals surface area contributed by atoms with Crippen LogP contribution in [-0.2, 0) is 4.79 Å². The van der Waals surface area contributed by atoms with E-state index in [1.165, 1.54) is 0 Å². The number of rotatable bonds is 3. The molecule has 0 radical (unpaired) electrons. The smallest absolute Gasteiger partial charge is 0.224 e. The van der Waals surface area contributed by atoms with Crippen molar-refractivity contribution in [3.63, 3.8) is 0 Å². The predicted molar refractivity (Wildman–Crippen MR) is 59.6 cm³/mol. The second-order valence-corrected chi connectivity index (χ2v) is 3.60. The number of hydrogen-bond acceptors (Lipinski definition) is 2. The number of carbonyl (C=O) groups is 1. The van der Waals surface area contributed by atoms with Gasteiger partial charge in [0.05, 0.1) is 12.8 Å². The first-order valence-corrected chi connectivity index (χ1v) is 5.10. The molecule has 1 amide bonds. The lowest BCUT2D eigenvalue weighted by Gasteiger charge is -2.08. The van der Waals surface area contributed by atoms with Gasteiger partial charge >= 0.3 is 0 Å². The summed E-state index contributed by atoms with van der Waals surface area (Å²) in [6.07, 6.45) is 0.462. The average Bonchev–Trinajstić information content (AvgIpc) is 2.21. The van der Waals surface area contributed by atoms with Crippen molar-refractivity contribution in [2.45, 2.75) is 13.3 Å². The van der Waals surface area contributed by atoms with Crippen molar-refractivity contribution in [2.24, 2.45) is 0 Å². The predicted octanol–water partition coefficient (Wildman–Crippen LogP) is 2.81. The van der Waals surface area contributed by atoms with E-state index in [9.17, 15) is 4.79 Å². The lowest BCUT2D eigenvalue weighted by atomic mass is 10.3. The maximum Gasteiger partial charge on any atom is 0.224 e. The number of methoxy groups -OCH3 is 1. The number of anilines is 1.